The van der Waals surface area contributed by atoms with Gasteiger partial charge >= 0.3 is 0 Å². The fourth-order valence-electron chi connectivity index (χ4n) is 2.44. The molecule has 0 aliphatic heterocycles. The minimum absolute atomic E-state index is 0.745. The van der Waals surface area contributed by atoms with Gasteiger partial charge in [-0.1, -0.05) is 74.6 Å². The van der Waals surface area contributed by atoms with Crippen LogP contribution in [0, 0.1) is 5.92 Å². The minimum Gasteiger partial charge on any atom is -0.0917 e. The molecule has 0 N–H and O–H groups in total. The van der Waals surface area contributed by atoms with Crippen LogP contribution in [0.15, 0.2) is 42.5 Å². The Hall–Kier alpha value is -0.823. The molecule has 0 aliphatic rings. The third-order valence-electron chi connectivity index (χ3n) is 3.59. The Morgan fingerprint density at radius 3 is 2.18 bits per heavy atom. The van der Waals surface area contributed by atoms with Gasteiger partial charge in [0.05, 0.1) is 8.07 Å². The van der Waals surface area contributed by atoms with E-state index in [1.165, 1.54) is 6.42 Å². The molecular formula is C16H26Si. The molecule has 1 unspecified atom stereocenters. The highest BCUT2D eigenvalue weighted by atomic mass is 28.3. The number of benzene rings is 1. The first kappa shape index (κ1) is 14.2. The van der Waals surface area contributed by atoms with Gasteiger partial charge in [0.1, 0.15) is 0 Å². The van der Waals surface area contributed by atoms with Gasteiger partial charge in [-0.15, -0.1) is 0 Å². The summed E-state index contributed by atoms with van der Waals surface area (Å²) in [5.41, 5.74) is 0.745. The Kier molecular flexibility index (Phi) is 5.19. The molecule has 1 heteroatoms. The van der Waals surface area contributed by atoms with Gasteiger partial charge in [-0.05, 0) is 24.8 Å². The lowest BCUT2D eigenvalue weighted by Crippen LogP contribution is -2.45. The molecule has 0 radical (unpaired) electrons. The molecule has 0 aliphatic carbocycles. The lowest BCUT2D eigenvalue weighted by molar-refractivity contribution is 0.586. The molecule has 0 heterocycles. The second-order valence-electron chi connectivity index (χ2n) is 5.85. The normalized spacial score (nSPS) is 14.5. The molecule has 1 aromatic rings. The monoisotopic (exact) mass is 246 g/mol. The van der Waals surface area contributed by atoms with Crippen molar-refractivity contribution < 1.29 is 0 Å². The highest BCUT2D eigenvalue weighted by Crippen LogP contribution is 2.30. The van der Waals surface area contributed by atoms with Crippen molar-refractivity contribution >= 4 is 13.3 Å². The van der Waals surface area contributed by atoms with Crippen LogP contribution in [0.5, 0.6) is 0 Å². The van der Waals surface area contributed by atoms with Crippen LogP contribution in [0.3, 0.4) is 0 Å². The van der Waals surface area contributed by atoms with E-state index in [0.29, 0.717) is 0 Å². The van der Waals surface area contributed by atoms with Crippen LogP contribution in [0.4, 0.5) is 0 Å². The van der Waals surface area contributed by atoms with Crippen LogP contribution in [0.25, 0.3) is 0 Å². The lowest BCUT2D eigenvalue weighted by atomic mass is 10.1. The number of rotatable bonds is 5. The first-order valence-corrected chi connectivity index (χ1v) is 9.74. The zero-order chi connectivity index (χ0) is 12.9. The van der Waals surface area contributed by atoms with Crippen molar-refractivity contribution in [3.8, 4) is 0 Å². The van der Waals surface area contributed by atoms with Gasteiger partial charge in [0, 0.05) is 0 Å². The fourth-order valence-corrected chi connectivity index (χ4v) is 5.65. The molecule has 0 spiro atoms. The van der Waals surface area contributed by atoms with Crippen LogP contribution in [-0.2, 0) is 0 Å². The number of allylic oxidation sites excluding steroid dienone is 2. The summed E-state index contributed by atoms with van der Waals surface area (Å²) in [5, 5.41) is 1.57. The molecule has 0 saturated heterocycles. The molecule has 94 valence electrons. The van der Waals surface area contributed by atoms with Crippen LogP contribution in [0.1, 0.15) is 27.2 Å². The maximum absolute atomic E-state index is 2.50. The Morgan fingerprint density at radius 1 is 1.12 bits per heavy atom. The molecule has 17 heavy (non-hydrogen) atoms. The smallest absolute Gasteiger partial charge is 0.0873 e. The van der Waals surface area contributed by atoms with E-state index >= 15 is 0 Å². The highest BCUT2D eigenvalue weighted by molar-refractivity contribution is 6.91. The Morgan fingerprint density at radius 2 is 1.71 bits per heavy atom. The highest BCUT2D eigenvalue weighted by Gasteiger charge is 2.31. The van der Waals surface area contributed by atoms with Crippen LogP contribution >= 0.6 is 0 Å². The van der Waals surface area contributed by atoms with Crippen molar-refractivity contribution in [2.75, 3.05) is 0 Å². The molecule has 0 nitrogen and oxygen atoms in total. The molecular weight excluding hydrogens is 220 g/mol. The second-order valence-corrected chi connectivity index (χ2v) is 10.6. The molecule has 0 amide bonds. The summed E-state index contributed by atoms with van der Waals surface area (Å²) >= 11 is 0. The Balaban J connectivity index is 2.99. The first-order valence-electron chi connectivity index (χ1n) is 6.66. The van der Waals surface area contributed by atoms with E-state index in [0.717, 1.165) is 11.5 Å². The maximum atomic E-state index is 2.50. The molecule has 0 fully saturated rings. The van der Waals surface area contributed by atoms with Gasteiger partial charge in [0.15, 0.2) is 0 Å². The van der Waals surface area contributed by atoms with Gasteiger partial charge in [-0.3, -0.25) is 0 Å². The van der Waals surface area contributed by atoms with E-state index in [-0.39, 0.29) is 0 Å². The fraction of sp³-hybridized carbons (Fsp3) is 0.500. The Bertz CT molecular complexity index is 349. The second kappa shape index (κ2) is 6.20. The largest absolute Gasteiger partial charge is 0.0917 e. The minimum atomic E-state index is -1.38. The lowest BCUT2D eigenvalue weighted by Gasteiger charge is -2.32. The van der Waals surface area contributed by atoms with Crippen molar-refractivity contribution in [3.63, 3.8) is 0 Å². The third kappa shape index (κ3) is 3.85. The molecule has 0 bridgehead atoms. The van der Waals surface area contributed by atoms with Crippen LogP contribution < -0.4 is 5.19 Å². The zero-order valence-electron chi connectivity index (χ0n) is 11.9. The molecule has 1 aromatic carbocycles. The van der Waals surface area contributed by atoms with Crippen molar-refractivity contribution in [1.82, 2.24) is 0 Å². The molecule has 0 aromatic heterocycles. The van der Waals surface area contributed by atoms with E-state index in [2.05, 4.69) is 76.3 Å². The summed E-state index contributed by atoms with van der Waals surface area (Å²) in [6.07, 6.45) is 5.96. The average Bonchev–Trinajstić information content (AvgIpc) is 2.29. The first-order chi connectivity index (χ1) is 7.98. The standard InChI is InChI=1S/C16H26Si/c1-6-10-16(13-14(2)3)17(4,5)15-11-8-7-9-12-15/h6-12,14,16H,13H2,1-5H3/b10-6+. The van der Waals surface area contributed by atoms with Gasteiger partial charge in [0.25, 0.3) is 0 Å². The topological polar surface area (TPSA) is 0 Å². The van der Waals surface area contributed by atoms with Gasteiger partial charge in [0.2, 0.25) is 0 Å². The maximum Gasteiger partial charge on any atom is 0.0873 e. The average molecular weight is 246 g/mol. The zero-order valence-corrected chi connectivity index (χ0v) is 12.9. The summed E-state index contributed by atoms with van der Waals surface area (Å²) < 4.78 is 0. The van der Waals surface area contributed by atoms with E-state index in [9.17, 15) is 0 Å². The van der Waals surface area contributed by atoms with Crippen molar-refractivity contribution in [1.29, 1.82) is 0 Å². The SMILES string of the molecule is C/C=C/C(CC(C)C)[Si](C)(C)c1ccccc1. The third-order valence-corrected chi connectivity index (χ3v) is 7.70. The molecule has 1 rings (SSSR count). The van der Waals surface area contributed by atoms with Crippen molar-refractivity contribution in [2.24, 2.45) is 5.92 Å². The van der Waals surface area contributed by atoms with Crippen LogP contribution in [-0.4, -0.2) is 8.07 Å². The van der Waals surface area contributed by atoms with Crippen LogP contribution in [0.2, 0.25) is 18.6 Å². The van der Waals surface area contributed by atoms with E-state index in [1.54, 1.807) is 5.19 Å². The van der Waals surface area contributed by atoms with E-state index in [1.807, 2.05) is 0 Å². The summed E-state index contributed by atoms with van der Waals surface area (Å²) in [4.78, 5) is 0. The molecule has 1 atom stereocenters. The summed E-state index contributed by atoms with van der Waals surface area (Å²) in [6, 6.07) is 11.1. The van der Waals surface area contributed by atoms with Gasteiger partial charge < -0.3 is 0 Å². The van der Waals surface area contributed by atoms with Gasteiger partial charge in [-0.25, -0.2) is 0 Å². The number of hydrogen-bond acceptors (Lipinski definition) is 0. The summed E-state index contributed by atoms with van der Waals surface area (Å²) in [6.45, 7) is 11.8. The van der Waals surface area contributed by atoms with Crippen molar-refractivity contribution in [2.45, 2.75) is 45.8 Å². The summed E-state index contributed by atoms with van der Waals surface area (Å²) in [7, 11) is -1.38. The predicted octanol–water partition coefficient (Wildman–Crippen LogP) is 4.59. The van der Waals surface area contributed by atoms with Gasteiger partial charge in [-0.2, -0.15) is 0 Å². The van der Waals surface area contributed by atoms with E-state index in [4.69, 9.17) is 0 Å². The summed E-state index contributed by atoms with van der Waals surface area (Å²) in [5.74, 6) is 0.770. The molecule has 0 saturated carbocycles. The number of hydrogen-bond donors (Lipinski definition) is 0. The Labute approximate surface area is 108 Å². The van der Waals surface area contributed by atoms with Crippen molar-refractivity contribution in [3.05, 3.63) is 42.5 Å². The quantitative estimate of drug-likeness (QED) is 0.526. The predicted molar refractivity (Wildman–Crippen MR) is 81.6 cm³/mol. The van der Waals surface area contributed by atoms with E-state index < -0.39 is 8.07 Å².